The molecule has 0 saturated carbocycles. The molecule has 1 aromatic carbocycles. The first-order valence-electron chi connectivity index (χ1n) is 6.83. The maximum absolute atomic E-state index is 5.87. The zero-order chi connectivity index (χ0) is 15.0. The third kappa shape index (κ3) is 7.40. The summed E-state index contributed by atoms with van der Waals surface area (Å²) in [5.41, 5.74) is 0. The van der Waals surface area contributed by atoms with Crippen molar-refractivity contribution in [2.24, 2.45) is 4.99 Å². The Balaban J connectivity index is 0.00000400. The molecule has 1 unspecified atom stereocenters. The number of halogens is 1. The highest BCUT2D eigenvalue weighted by Gasteiger charge is 2.09. The Bertz CT molecular complexity index is 439. The SMILES string of the molecule is CN=C(NCC(C)Oc1ccccc1OC)NC(C)C.I. The molecule has 0 amide bonds. The molecule has 0 aliphatic rings. The fourth-order valence-corrected chi connectivity index (χ4v) is 1.68. The monoisotopic (exact) mass is 407 g/mol. The van der Waals surface area contributed by atoms with Gasteiger partial charge in [0.25, 0.3) is 0 Å². The molecule has 0 radical (unpaired) electrons. The molecule has 0 fully saturated rings. The third-order valence-corrected chi connectivity index (χ3v) is 2.60. The van der Waals surface area contributed by atoms with Crippen molar-refractivity contribution in [3.05, 3.63) is 24.3 Å². The molecule has 0 saturated heterocycles. The molecule has 1 aromatic rings. The van der Waals surface area contributed by atoms with Crippen LogP contribution in [0.2, 0.25) is 0 Å². The van der Waals surface area contributed by atoms with Gasteiger partial charge < -0.3 is 20.1 Å². The predicted octanol–water partition coefficient (Wildman–Crippen LogP) is 2.65. The molecule has 1 atom stereocenters. The zero-order valence-corrected chi connectivity index (χ0v) is 15.7. The lowest BCUT2D eigenvalue weighted by molar-refractivity contribution is 0.213. The van der Waals surface area contributed by atoms with Crippen LogP contribution in [0.5, 0.6) is 11.5 Å². The Labute approximate surface area is 144 Å². The van der Waals surface area contributed by atoms with E-state index in [1.165, 1.54) is 0 Å². The van der Waals surface area contributed by atoms with Crippen LogP contribution in [0.3, 0.4) is 0 Å². The molecule has 0 bridgehead atoms. The highest BCUT2D eigenvalue weighted by molar-refractivity contribution is 14.0. The van der Waals surface area contributed by atoms with Gasteiger partial charge in [0.05, 0.1) is 13.7 Å². The van der Waals surface area contributed by atoms with Crippen molar-refractivity contribution in [1.82, 2.24) is 10.6 Å². The molecule has 0 aromatic heterocycles. The molecule has 0 aliphatic heterocycles. The summed E-state index contributed by atoms with van der Waals surface area (Å²) < 4.78 is 11.1. The maximum atomic E-state index is 5.87. The van der Waals surface area contributed by atoms with Gasteiger partial charge in [-0.25, -0.2) is 0 Å². The van der Waals surface area contributed by atoms with Crippen LogP contribution in [0.4, 0.5) is 0 Å². The normalized spacial score (nSPS) is 12.4. The van der Waals surface area contributed by atoms with Crippen molar-refractivity contribution in [2.75, 3.05) is 20.7 Å². The van der Waals surface area contributed by atoms with Crippen LogP contribution in [0.15, 0.2) is 29.3 Å². The van der Waals surface area contributed by atoms with E-state index in [1.54, 1.807) is 14.2 Å². The number of ether oxygens (including phenoxy) is 2. The number of nitrogens with one attached hydrogen (secondary N) is 2. The number of hydrogen-bond donors (Lipinski definition) is 2. The van der Waals surface area contributed by atoms with Crippen LogP contribution >= 0.6 is 24.0 Å². The van der Waals surface area contributed by atoms with Gasteiger partial charge >= 0.3 is 0 Å². The number of benzene rings is 1. The number of para-hydroxylation sites is 2. The van der Waals surface area contributed by atoms with E-state index in [-0.39, 0.29) is 30.1 Å². The number of rotatable bonds is 6. The fraction of sp³-hybridized carbons (Fsp3) is 0.533. The molecule has 1 rings (SSSR count). The second kappa shape index (κ2) is 10.5. The minimum Gasteiger partial charge on any atom is -0.493 e. The van der Waals surface area contributed by atoms with Crippen molar-refractivity contribution in [3.8, 4) is 11.5 Å². The highest BCUT2D eigenvalue weighted by Crippen LogP contribution is 2.26. The second-order valence-corrected chi connectivity index (χ2v) is 4.83. The summed E-state index contributed by atoms with van der Waals surface area (Å²) in [4.78, 5) is 4.16. The van der Waals surface area contributed by atoms with E-state index in [0.29, 0.717) is 12.6 Å². The van der Waals surface area contributed by atoms with Crippen LogP contribution in [0.1, 0.15) is 20.8 Å². The Morgan fingerprint density at radius 2 is 1.81 bits per heavy atom. The quantitative estimate of drug-likeness (QED) is 0.433. The minimum atomic E-state index is -0.00277. The molecule has 0 aliphatic carbocycles. The topological polar surface area (TPSA) is 54.9 Å². The van der Waals surface area contributed by atoms with E-state index in [9.17, 15) is 0 Å². The molecular formula is C15H26IN3O2. The van der Waals surface area contributed by atoms with Gasteiger partial charge in [0.2, 0.25) is 0 Å². The zero-order valence-electron chi connectivity index (χ0n) is 13.3. The summed E-state index contributed by atoms with van der Waals surface area (Å²) in [6.07, 6.45) is -0.00277. The van der Waals surface area contributed by atoms with E-state index < -0.39 is 0 Å². The van der Waals surface area contributed by atoms with Crippen LogP contribution < -0.4 is 20.1 Å². The summed E-state index contributed by atoms with van der Waals surface area (Å²) in [7, 11) is 3.39. The molecule has 5 nitrogen and oxygen atoms in total. The lowest BCUT2D eigenvalue weighted by Gasteiger charge is -2.19. The van der Waals surface area contributed by atoms with Crippen molar-refractivity contribution in [2.45, 2.75) is 32.9 Å². The Morgan fingerprint density at radius 3 is 2.33 bits per heavy atom. The number of guanidine groups is 1. The summed E-state index contributed by atoms with van der Waals surface area (Å²) in [5.74, 6) is 2.26. The molecule has 120 valence electrons. The van der Waals surface area contributed by atoms with Crippen LogP contribution in [0.25, 0.3) is 0 Å². The van der Waals surface area contributed by atoms with Gasteiger partial charge in [-0.15, -0.1) is 24.0 Å². The van der Waals surface area contributed by atoms with Crippen LogP contribution in [0, 0.1) is 0 Å². The Kier molecular flexibility index (Phi) is 9.94. The maximum Gasteiger partial charge on any atom is 0.191 e. The first-order chi connectivity index (χ1) is 9.56. The largest absolute Gasteiger partial charge is 0.493 e. The van der Waals surface area contributed by atoms with Crippen molar-refractivity contribution >= 4 is 29.9 Å². The number of hydrogen-bond acceptors (Lipinski definition) is 3. The number of nitrogens with zero attached hydrogens (tertiary/aromatic N) is 1. The molecule has 21 heavy (non-hydrogen) atoms. The van der Waals surface area contributed by atoms with Crippen molar-refractivity contribution < 1.29 is 9.47 Å². The average Bonchev–Trinajstić information content (AvgIpc) is 2.43. The van der Waals surface area contributed by atoms with E-state index in [0.717, 1.165) is 17.5 Å². The van der Waals surface area contributed by atoms with Crippen molar-refractivity contribution in [1.29, 1.82) is 0 Å². The van der Waals surface area contributed by atoms with Gasteiger partial charge in [0, 0.05) is 13.1 Å². The molecule has 6 heteroatoms. The fourth-order valence-electron chi connectivity index (χ4n) is 1.68. The predicted molar refractivity (Wildman–Crippen MR) is 98.1 cm³/mol. The van der Waals surface area contributed by atoms with Gasteiger partial charge in [0.15, 0.2) is 17.5 Å². The molecule has 0 heterocycles. The molecular weight excluding hydrogens is 381 g/mol. The summed E-state index contributed by atoms with van der Waals surface area (Å²) in [5, 5.41) is 6.46. The first-order valence-corrected chi connectivity index (χ1v) is 6.83. The Morgan fingerprint density at radius 1 is 1.19 bits per heavy atom. The van der Waals surface area contributed by atoms with Crippen LogP contribution in [-0.4, -0.2) is 38.8 Å². The standard InChI is InChI=1S/C15H25N3O2.HI/c1-11(2)18-15(16-4)17-10-12(3)20-14-9-7-6-8-13(14)19-5;/h6-9,11-12H,10H2,1-5H3,(H2,16,17,18);1H. The summed E-state index contributed by atoms with van der Waals surface area (Å²) in [6.45, 7) is 6.80. The summed E-state index contributed by atoms with van der Waals surface area (Å²) in [6, 6.07) is 7.97. The minimum absolute atomic E-state index is 0. The van der Waals surface area contributed by atoms with E-state index in [4.69, 9.17) is 9.47 Å². The average molecular weight is 407 g/mol. The number of aliphatic imine (C=N–C) groups is 1. The van der Waals surface area contributed by atoms with Gasteiger partial charge in [-0.1, -0.05) is 12.1 Å². The van der Waals surface area contributed by atoms with E-state index in [1.807, 2.05) is 31.2 Å². The van der Waals surface area contributed by atoms with Gasteiger partial charge in [0.1, 0.15) is 6.10 Å². The lowest BCUT2D eigenvalue weighted by Crippen LogP contribution is -2.44. The van der Waals surface area contributed by atoms with E-state index in [2.05, 4.69) is 29.5 Å². The van der Waals surface area contributed by atoms with Gasteiger partial charge in [-0.2, -0.15) is 0 Å². The van der Waals surface area contributed by atoms with Crippen molar-refractivity contribution in [3.63, 3.8) is 0 Å². The Hall–Kier alpha value is -1.18. The van der Waals surface area contributed by atoms with E-state index >= 15 is 0 Å². The smallest absolute Gasteiger partial charge is 0.191 e. The molecule has 2 N–H and O–H groups in total. The third-order valence-electron chi connectivity index (χ3n) is 2.60. The highest BCUT2D eigenvalue weighted by atomic mass is 127. The van der Waals surface area contributed by atoms with Crippen LogP contribution in [-0.2, 0) is 0 Å². The van der Waals surface area contributed by atoms with Gasteiger partial charge in [-0.3, -0.25) is 4.99 Å². The molecule has 0 spiro atoms. The van der Waals surface area contributed by atoms with Gasteiger partial charge in [-0.05, 0) is 32.9 Å². The summed E-state index contributed by atoms with van der Waals surface area (Å²) >= 11 is 0. The lowest BCUT2D eigenvalue weighted by atomic mass is 10.3. The first kappa shape index (κ1) is 19.8. The second-order valence-electron chi connectivity index (χ2n) is 4.83. The number of methoxy groups -OCH3 is 1.